The molecule has 0 aliphatic rings. The molecule has 19 heavy (non-hydrogen) atoms. The molecular weight excluding hydrogens is 240 g/mol. The van der Waals surface area contributed by atoms with Crippen molar-refractivity contribution in [2.45, 2.75) is 32.8 Å². The Morgan fingerprint density at radius 1 is 1.42 bits per heavy atom. The molecule has 1 heterocycles. The van der Waals surface area contributed by atoms with Gasteiger partial charge < -0.3 is 15.4 Å². The average Bonchev–Trinajstić information content (AvgIpc) is 2.72. The second-order valence-corrected chi connectivity index (χ2v) is 5.20. The van der Waals surface area contributed by atoms with Gasteiger partial charge in [-0.1, -0.05) is 25.1 Å². The number of carbonyl (C=O) groups is 1. The average molecular weight is 260 g/mol. The number of aromatic amines is 1. The Kier molecular flexibility index (Phi) is 3.62. The van der Waals surface area contributed by atoms with Gasteiger partial charge in [-0.2, -0.15) is 0 Å². The zero-order chi connectivity index (χ0) is 14.0. The third kappa shape index (κ3) is 2.79. The summed E-state index contributed by atoms with van der Waals surface area (Å²) in [7, 11) is 0. The number of amides is 1. The number of aromatic nitrogens is 1. The summed E-state index contributed by atoms with van der Waals surface area (Å²) < 4.78 is 0. The van der Waals surface area contributed by atoms with Gasteiger partial charge in [0.25, 0.3) is 5.91 Å². The summed E-state index contributed by atoms with van der Waals surface area (Å²) in [5, 5.41) is 13.6. The van der Waals surface area contributed by atoms with Crippen molar-refractivity contribution >= 4 is 16.8 Å². The molecule has 0 radical (unpaired) electrons. The van der Waals surface area contributed by atoms with Crippen molar-refractivity contribution in [1.82, 2.24) is 10.3 Å². The minimum absolute atomic E-state index is 0.149. The van der Waals surface area contributed by atoms with E-state index < -0.39 is 5.60 Å². The normalized spacial score (nSPS) is 14.3. The zero-order valence-corrected chi connectivity index (χ0v) is 11.6. The maximum absolute atomic E-state index is 12.3. The second kappa shape index (κ2) is 5.05. The highest BCUT2D eigenvalue weighted by atomic mass is 16.3. The first kappa shape index (κ1) is 13.6. The Morgan fingerprint density at radius 2 is 2.11 bits per heavy atom. The fraction of sp³-hybridized carbons (Fsp3) is 0.400. The molecule has 3 N–H and O–H groups in total. The number of aryl methyl sites for hydroxylation is 1. The van der Waals surface area contributed by atoms with Gasteiger partial charge in [0.05, 0.1) is 11.2 Å². The standard InChI is InChI=1S/C15H20N2O2/c1-4-15(3,19)9-16-14(18)13-10(2)17-12-8-6-5-7-11(12)13/h5-8,17,19H,4,9H2,1-3H3,(H,16,18). The van der Waals surface area contributed by atoms with Gasteiger partial charge in [0.2, 0.25) is 0 Å². The van der Waals surface area contributed by atoms with Crippen LogP contribution < -0.4 is 5.32 Å². The molecule has 0 spiro atoms. The molecule has 2 rings (SSSR count). The number of aliphatic hydroxyl groups is 1. The smallest absolute Gasteiger partial charge is 0.253 e. The molecule has 4 heteroatoms. The fourth-order valence-electron chi connectivity index (χ4n) is 2.05. The van der Waals surface area contributed by atoms with E-state index in [0.29, 0.717) is 12.0 Å². The molecule has 1 atom stereocenters. The maximum atomic E-state index is 12.3. The number of hydrogen-bond acceptors (Lipinski definition) is 2. The monoisotopic (exact) mass is 260 g/mol. The Labute approximate surface area is 112 Å². The van der Waals surface area contributed by atoms with Crippen LogP contribution in [-0.4, -0.2) is 28.1 Å². The van der Waals surface area contributed by atoms with Gasteiger partial charge in [0.15, 0.2) is 0 Å². The van der Waals surface area contributed by atoms with Crippen LogP contribution in [0.25, 0.3) is 10.9 Å². The SMILES string of the molecule is CCC(C)(O)CNC(=O)c1c(C)[nH]c2ccccc12. The lowest BCUT2D eigenvalue weighted by Gasteiger charge is -2.21. The van der Waals surface area contributed by atoms with Gasteiger partial charge in [-0.05, 0) is 26.3 Å². The molecule has 0 aliphatic carbocycles. The summed E-state index contributed by atoms with van der Waals surface area (Å²) in [6.45, 7) is 5.74. The molecule has 0 bridgehead atoms. The van der Waals surface area contributed by atoms with Crippen LogP contribution in [0.4, 0.5) is 0 Å². The number of benzene rings is 1. The molecule has 0 fully saturated rings. The van der Waals surface area contributed by atoms with Gasteiger partial charge >= 0.3 is 0 Å². The largest absolute Gasteiger partial charge is 0.388 e. The lowest BCUT2D eigenvalue weighted by Crippen LogP contribution is -2.40. The highest BCUT2D eigenvalue weighted by molar-refractivity contribution is 6.08. The molecule has 4 nitrogen and oxygen atoms in total. The van der Waals surface area contributed by atoms with Crippen molar-refractivity contribution in [3.8, 4) is 0 Å². The van der Waals surface area contributed by atoms with Gasteiger partial charge in [-0.3, -0.25) is 4.79 Å². The van der Waals surface area contributed by atoms with Crippen LogP contribution in [0, 0.1) is 6.92 Å². The number of fused-ring (bicyclic) bond motifs is 1. The van der Waals surface area contributed by atoms with Gasteiger partial charge in [-0.25, -0.2) is 0 Å². The van der Waals surface area contributed by atoms with Crippen LogP contribution >= 0.6 is 0 Å². The molecule has 1 unspecified atom stereocenters. The molecule has 0 aliphatic heterocycles. The minimum atomic E-state index is -0.865. The van der Waals surface area contributed by atoms with Gasteiger partial charge in [-0.15, -0.1) is 0 Å². The summed E-state index contributed by atoms with van der Waals surface area (Å²) in [6.07, 6.45) is 0.597. The van der Waals surface area contributed by atoms with E-state index in [1.165, 1.54) is 0 Å². The maximum Gasteiger partial charge on any atom is 0.253 e. The number of carbonyl (C=O) groups excluding carboxylic acids is 1. The first-order valence-electron chi connectivity index (χ1n) is 6.52. The van der Waals surface area contributed by atoms with Crippen molar-refractivity contribution in [2.75, 3.05) is 6.54 Å². The summed E-state index contributed by atoms with van der Waals surface area (Å²) >= 11 is 0. The van der Waals surface area contributed by atoms with Crippen molar-refractivity contribution in [3.05, 3.63) is 35.5 Å². The van der Waals surface area contributed by atoms with Crippen molar-refractivity contribution in [3.63, 3.8) is 0 Å². The highest BCUT2D eigenvalue weighted by Gasteiger charge is 2.21. The number of para-hydroxylation sites is 1. The number of hydrogen-bond donors (Lipinski definition) is 3. The van der Waals surface area contributed by atoms with E-state index in [9.17, 15) is 9.90 Å². The van der Waals surface area contributed by atoms with Gasteiger partial charge in [0, 0.05) is 23.1 Å². The second-order valence-electron chi connectivity index (χ2n) is 5.20. The van der Waals surface area contributed by atoms with Crippen molar-refractivity contribution in [2.24, 2.45) is 0 Å². The van der Waals surface area contributed by atoms with Crippen molar-refractivity contribution in [1.29, 1.82) is 0 Å². The first-order chi connectivity index (χ1) is 8.94. The summed E-state index contributed by atoms with van der Waals surface area (Å²) in [6, 6.07) is 7.71. The summed E-state index contributed by atoms with van der Waals surface area (Å²) in [5.41, 5.74) is 1.58. The predicted octanol–water partition coefficient (Wildman–Crippen LogP) is 2.37. The third-order valence-corrected chi connectivity index (χ3v) is 3.51. The topological polar surface area (TPSA) is 65.1 Å². The van der Waals surface area contributed by atoms with Crippen LogP contribution in [0.1, 0.15) is 36.3 Å². The third-order valence-electron chi connectivity index (χ3n) is 3.51. The van der Waals surface area contributed by atoms with Crippen LogP contribution in [0.2, 0.25) is 0 Å². The molecule has 1 amide bonds. The van der Waals surface area contributed by atoms with E-state index in [2.05, 4.69) is 10.3 Å². The van der Waals surface area contributed by atoms with Crippen LogP contribution in [0.15, 0.2) is 24.3 Å². The number of nitrogens with one attached hydrogen (secondary N) is 2. The summed E-state index contributed by atoms with van der Waals surface area (Å²) in [5.74, 6) is -0.149. The number of H-pyrrole nitrogens is 1. The molecule has 2 aromatic rings. The van der Waals surface area contributed by atoms with Crippen molar-refractivity contribution < 1.29 is 9.90 Å². The Hall–Kier alpha value is -1.81. The fourth-order valence-corrected chi connectivity index (χ4v) is 2.05. The summed E-state index contributed by atoms with van der Waals surface area (Å²) in [4.78, 5) is 15.5. The molecule has 1 aromatic heterocycles. The van der Waals surface area contributed by atoms with Crippen LogP contribution in [-0.2, 0) is 0 Å². The van der Waals surface area contributed by atoms with Gasteiger partial charge in [0.1, 0.15) is 0 Å². The zero-order valence-electron chi connectivity index (χ0n) is 11.6. The molecule has 0 saturated carbocycles. The Bertz CT molecular complexity index is 599. The Morgan fingerprint density at radius 3 is 2.79 bits per heavy atom. The van der Waals surface area contributed by atoms with E-state index in [4.69, 9.17) is 0 Å². The minimum Gasteiger partial charge on any atom is -0.388 e. The molecule has 1 aromatic carbocycles. The van der Waals surface area contributed by atoms with E-state index in [1.54, 1.807) is 6.92 Å². The highest BCUT2D eigenvalue weighted by Crippen LogP contribution is 2.21. The van der Waals surface area contributed by atoms with E-state index in [-0.39, 0.29) is 12.5 Å². The quantitative estimate of drug-likeness (QED) is 0.790. The lowest BCUT2D eigenvalue weighted by atomic mass is 10.0. The number of rotatable bonds is 4. The lowest BCUT2D eigenvalue weighted by molar-refractivity contribution is 0.0518. The molecular formula is C15H20N2O2. The van der Waals surface area contributed by atoms with E-state index >= 15 is 0 Å². The molecule has 102 valence electrons. The van der Waals surface area contributed by atoms with Crippen LogP contribution in [0.3, 0.4) is 0 Å². The van der Waals surface area contributed by atoms with E-state index in [0.717, 1.165) is 16.6 Å². The van der Waals surface area contributed by atoms with E-state index in [1.807, 2.05) is 38.1 Å². The Balaban J connectivity index is 2.24. The molecule has 0 saturated heterocycles. The van der Waals surface area contributed by atoms with Crippen LogP contribution in [0.5, 0.6) is 0 Å². The first-order valence-corrected chi connectivity index (χ1v) is 6.52. The predicted molar refractivity (Wildman–Crippen MR) is 76.3 cm³/mol.